The molecule has 21 heavy (non-hydrogen) atoms. The van der Waals surface area contributed by atoms with E-state index in [1.165, 1.54) is 0 Å². The third-order valence-corrected chi connectivity index (χ3v) is 5.64. The Morgan fingerprint density at radius 3 is 2.67 bits per heavy atom. The molecule has 6 nitrogen and oxygen atoms in total. The summed E-state index contributed by atoms with van der Waals surface area (Å²) < 4.78 is 34.6. The van der Waals surface area contributed by atoms with Crippen molar-refractivity contribution in [1.82, 2.24) is 14.3 Å². The van der Waals surface area contributed by atoms with Gasteiger partial charge in [-0.15, -0.1) is 0 Å². The highest BCUT2D eigenvalue weighted by Gasteiger charge is 2.32. The largest absolute Gasteiger partial charge is 0.385 e. The number of piperidine rings is 1. The van der Waals surface area contributed by atoms with Crippen LogP contribution in [0.25, 0.3) is 0 Å². The van der Waals surface area contributed by atoms with Crippen LogP contribution in [0, 0.1) is 5.41 Å². The van der Waals surface area contributed by atoms with E-state index in [9.17, 15) is 8.42 Å². The maximum absolute atomic E-state index is 12.5. The summed E-state index contributed by atoms with van der Waals surface area (Å²) in [5.41, 5.74) is -0.114. The molecule has 0 spiro atoms. The summed E-state index contributed by atoms with van der Waals surface area (Å²) in [6.07, 6.45) is 3.78. The van der Waals surface area contributed by atoms with Gasteiger partial charge in [-0.2, -0.15) is 12.7 Å². The van der Waals surface area contributed by atoms with Gasteiger partial charge < -0.3 is 10.1 Å². The molecule has 0 saturated carbocycles. The lowest BCUT2D eigenvalue weighted by atomic mass is 9.90. The van der Waals surface area contributed by atoms with Gasteiger partial charge in [-0.1, -0.05) is 20.3 Å². The Kier molecular flexibility index (Phi) is 7.56. The van der Waals surface area contributed by atoms with Gasteiger partial charge in [0.05, 0.1) is 0 Å². The third kappa shape index (κ3) is 6.20. The highest BCUT2D eigenvalue weighted by Crippen LogP contribution is 2.22. The fourth-order valence-corrected chi connectivity index (χ4v) is 4.25. The zero-order valence-electron chi connectivity index (χ0n) is 13.8. The van der Waals surface area contributed by atoms with Gasteiger partial charge >= 0.3 is 0 Å². The van der Waals surface area contributed by atoms with Crippen molar-refractivity contribution in [3.05, 3.63) is 0 Å². The monoisotopic (exact) mass is 321 g/mol. The highest BCUT2D eigenvalue weighted by molar-refractivity contribution is 7.87. The summed E-state index contributed by atoms with van der Waals surface area (Å²) in [5, 5.41) is 3.09. The molecule has 0 radical (unpaired) electrons. The van der Waals surface area contributed by atoms with Crippen LogP contribution in [0.15, 0.2) is 0 Å². The van der Waals surface area contributed by atoms with Crippen LogP contribution in [0.2, 0.25) is 0 Å². The predicted octanol–water partition coefficient (Wildman–Crippen LogP) is 0.957. The third-order valence-electron chi connectivity index (χ3n) is 4.04. The van der Waals surface area contributed by atoms with Crippen LogP contribution in [-0.4, -0.2) is 59.2 Å². The predicted molar refractivity (Wildman–Crippen MR) is 85.5 cm³/mol. The molecule has 1 saturated heterocycles. The lowest BCUT2D eigenvalue weighted by Crippen LogP contribution is -2.53. The molecule has 1 rings (SSSR count). The van der Waals surface area contributed by atoms with Gasteiger partial charge in [0.15, 0.2) is 0 Å². The number of ether oxygens (including phenoxy) is 1. The number of nitrogens with one attached hydrogen (secondary N) is 2. The summed E-state index contributed by atoms with van der Waals surface area (Å²) in [6, 6.07) is 0.0586. The quantitative estimate of drug-likeness (QED) is 0.663. The topological polar surface area (TPSA) is 70.7 Å². The van der Waals surface area contributed by atoms with E-state index in [4.69, 9.17) is 4.74 Å². The minimum Gasteiger partial charge on any atom is -0.385 e. The van der Waals surface area contributed by atoms with E-state index in [2.05, 4.69) is 23.9 Å². The molecule has 1 aliphatic heterocycles. The second kappa shape index (κ2) is 8.43. The smallest absolute Gasteiger partial charge is 0.279 e. The van der Waals surface area contributed by atoms with Crippen LogP contribution in [0.4, 0.5) is 0 Å². The zero-order valence-corrected chi connectivity index (χ0v) is 14.6. The van der Waals surface area contributed by atoms with Gasteiger partial charge in [0, 0.05) is 39.4 Å². The highest BCUT2D eigenvalue weighted by atomic mass is 32.2. The van der Waals surface area contributed by atoms with Crippen LogP contribution in [0.3, 0.4) is 0 Å². The Morgan fingerprint density at radius 1 is 1.33 bits per heavy atom. The van der Waals surface area contributed by atoms with Crippen molar-refractivity contribution in [1.29, 1.82) is 0 Å². The maximum atomic E-state index is 12.5. The van der Waals surface area contributed by atoms with Gasteiger partial charge in [0.2, 0.25) is 0 Å². The van der Waals surface area contributed by atoms with Crippen LogP contribution in [0.1, 0.15) is 39.5 Å². The number of rotatable bonds is 9. The van der Waals surface area contributed by atoms with E-state index in [-0.39, 0.29) is 11.5 Å². The number of nitrogens with zero attached hydrogens (tertiary/aromatic N) is 1. The van der Waals surface area contributed by atoms with Gasteiger partial charge in [-0.05, 0) is 31.7 Å². The Hall–Kier alpha value is -0.210. The van der Waals surface area contributed by atoms with Gasteiger partial charge in [0.1, 0.15) is 0 Å². The second-order valence-electron chi connectivity index (χ2n) is 6.55. The Bertz CT molecular complexity index is 396. The first-order chi connectivity index (χ1) is 9.82. The van der Waals surface area contributed by atoms with Crippen LogP contribution in [-0.2, 0) is 14.9 Å². The lowest BCUT2D eigenvalue weighted by Gasteiger charge is -2.35. The summed E-state index contributed by atoms with van der Waals surface area (Å²) in [7, 11) is 0.114. The Morgan fingerprint density at radius 2 is 2.05 bits per heavy atom. The molecular weight excluding hydrogens is 290 g/mol. The van der Waals surface area contributed by atoms with Crippen molar-refractivity contribution in [3.8, 4) is 0 Å². The first-order valence-corrected chi connectivity index (χ1v) is 9.16. The second-order valence-corrected chi connectivity index (χ2v) is 8.26. The molecule has 126 valence electrons. The Balaban J connectivity index is 2.62. The first kappa shape index (κ1) is 18.8. The van der Waals surface area contributed by atoms with Crippen molar-refractivity contribution < 1.29 is 13.2 Å². The molecule has 0 aliphatic carbocycles. The van der Waals surface area contributed by atoms with Gasteiger partial charge in [-0.25, -0.2) is 4.72 Å². The minimum atomic E-state index is -3.41. The number of hydrogen-bond donors (Lipinski definition) is 2. The van der Waals surface area contributed by atoms with Crippen LogP contribution >= 0.6 is 0 Å². The average Bonchev–Trinajstić information content (AvgIpc) is 2.44. The van der Waals surface area contributed by atoms with Crippen molar-refractivity contribution in [3.63, 3.8) is 0 Å². The molecule has 1 fully saturated rings. The van der Waals surface area contributed by atoms with Crippen LogP contribution in [0.5, 0.6) is 0 Å². The standard InChI is InChI=1S/C14H31N3O3S/c1-14(2,8-10-20-4)12-16-21(18,19)17-9-6-5-7-13(17)11-15-3/h13,15-16H,5-12H2,1-4H3. The average molecular weight is 321 g/mol. The zero-order chi connectivity index (χ0) is 15.9. The van der Waals surface area contributed by atoms with Gasteiger partial charge in [0.25, 0.3) is 10.2 Å². The van der Waals surface area contributed by atoms with Crippen molar-refractivity contribution in [2.75, 3.05) is 40.4 Å². The van der Waals surface area contributed by atoms with Crippen molar-refractivity contribution in [2.24, 2.45) is 5.41 Å². The van der Waals surface area contributed by atoms with E-state index in [0.717, 1.165) is 25.7 Å². The summed E-state index contributed by atoms with van der Waals surface area (Å²) in [5.74, 6) is 0. The fourth-order valence-electron chi connectivity index (χ4n) is 2.57. The molecule has 0 aromatic carbocycles. The molecule has 0 amide bonds. The molecule has 1 aliphatic rings. The van der Waals surface area contributed by atoms with E-state index in [1.807, 2.05) is 7.05 Å². The molecule has 7 heteroatoms. The van der Waals surface area contributed by atoms with E-state index < -0.39 is 10.2 Å². The summed E-state index contributed by atoms with van der Waals surface area (Å²) in [4.78, 5) is 0. The molecule has 2 N–H and O–H groups in total. The maximum Gasteiger partial charge on any atom is 0.279 e. The van der Waals surface area contributed by atoms with E-state index >= 15 is 0 Å². The van der Waals surface area contributed by atoms with Crippen molar-refractivity contribution >= 4 is 10.2 Å². The van der Waals surface area contributed by atoms with E-state index in [1.54, 1.807) is 11.4 Å². The lowest BCUT2D eigenvalue weighted by molar-refractivity contribution is 0.153. The summed E-state index contributed by atoms with van der Waals surface area (Å²) in [6.45, 7) is 6.49. The van der Waals surface area contributed by atoms with Crippen LogP contribution < -0.4 is 10.0 Å². The van der Waals surface area contributed by atoms with Crippen molar-refractivity contribution in [2.45, 2.75) is 45.6 Å². The molecule has 0 bridgehead atoms. The molecular formula is C14H31N3O3S. The Labute approximate surface area is 129 Å². The number of likely N-dealkylation sites (N-methyl/N-ethyl adjacent to an activating group) is 1. The first-order valence-electron chi connectivity index (χ1n) is 7.72. The SMILES string of the molecule is CNCC1CCCCN1S(=O)(=O)NCC(C)(C)CCOC. The molecule has 0 aromatic heterocycles. The normalized spacial score (nSPS) is 21.6. The van der Waals surface area contributed by atoms with E-state index in [0.29, 0.717) is 26.2 Å². The molecule has 1 atom stereocenters. The molecule has 0 aromatic rings. The minimum absolute atomic E-state index is 0.0586. The fraction of sp³-hybridized carbons (Fsp3) is 1.00. The number of methoxy groups -OCH3 is 1. The molecule has 1 heterocycles. The number of hydrogen-bond acceptors (Lipinski definition) is 4. The summed E-state index contributed by atoms with van der Waals surface area (Å²) >= 11 is 0. The molecule has 1 unspecified atom stereocenters. The van der Waals surface area contributed by atoms with Gasteiger partial charge in [-0.3, -0.25) is 0 Å².